The highest BCUT2D eigenvalue weighted by atomic mass is 16.7. The molecule has 3 rings (SSSR count). The van der Waals surface area contributed by atoms with Gasteiger partial charge < -0.3 is 24.1 Å². The molecule has 0 unspecified atom stereocenters. The summed E-state index contributed by atoms with van der Waals surface area (Å²) in [7, 11) is 4.27. The number of fused-ring (bicyclic) bond motifs is 1. The zero-order chi connectivity index (χ0) is 18.0. The summed E-state index contributed by atoms with van der Waals surface area (Å²) in [5, 5.41) is 10.7. The highest BCUT2D eigenvalue weighted by molar-refractivity contribution is 5.79. The predicted molar refractivity (Wildman–Crippen MR) is 90.0 cm³/mol. The first kappa shape index (κ1) is 17.1. The van der Waals surface area contributed by atoms with Crippen molar-refractivity contribution in [1.29, 1.82) is 0 Å². The lowest BCUT2D eigenvalue weighted by Gasteiger charge is -2.36. The third-order valence-corrected chi connectivity index (χ3v) is 4.36. The van der Waals surface area contributed by atoms with Crippen LogP contribution >= 0.6 is 0 Å². The molecule has 2 aromatic rings. The van der Waals surface area contributed by atoms with Gasteiger partial charge in [0.1, 0.15) is 5.75 Å². The number of benzene rings is 2. The minimum absolute atomic E-state index is 0.0339. The molecule has 1 aliphatic heterocycles. The number of hydrogen-bond donors (Lipinski definition) is 1. The van der Waals surface area contributed by atoms with Crippen LogP contribution in [0.5, 0.6) is 17.2 Å². The zero-order valence-electron chi connectivity index (χ0n) is 14.3. The van der Waals surface area contributed by atoms with Crippen molar-refractivity contribution in [2.45, 2.75) is 18.1 Å². The van der Waals surface area contributed by atoms with Crippen molar-refractivity contribution in [2.24, 2.45) is 0 Å². The molecule has 132 valence electrons. The second-order valence-corrected chi connectivity index (χ2v) is 5.79. The number of aliphatic hydroxyl groups is 1. The third kappa shape index (κ3) is 3.00. The maximum Gasteiger partial charge on any atom is 0.379 e. The Balaban J connectivity index is 2.17. The topological polar surface area (TPSA) is 74.2 Å². The molecule has 1 aliphatic rings. The number of hydrogen-bond acceptors (Lipinski definition) is 6. The Labute approximate surface area is 145 Å². The summed E-state index contributed by atoms with van der Waals surface area (Å²) in [6.07, 6.45) is 0.0339. The van der Waals surface area contributed by atoms with Gasteiger partial charge in [0, 0.05) is 24.0 Å². The van der Waals surface area contributed by atoms with Gasteiger partial charge in [0.05, 0.1) is 21.3 Å². The van der Waals surface area contributed by atoms with Gasteiger partial charge in [0.25, 0.3) is 0 Å². The number of methoxy groups -OCH3 is 3. The SMILES string of the molecule is COC(=O)[C@@]1(O)C[C@@H](c2ccccc2)c2cc(OC)c(OC)cc2O1. The van der Waals surface area contributed by atoms with Crippen LogP contribution in [0.15, 0.2) is 42.5 Å². The molecular formula is C19H20O6. The van der Waals surface area contributed by atoms with Crippen molar-refractivity contribution < 1.29 is 28.8 Å². The molecule has 0 bridgehead atoms. The summed E-state index contributed by atoms with van der Waals surface area (Å²) >= 11 is 0. The van der Waals surface area contributed by atoms with Crippen LogP contribution in [0.4, 0.5) is 0 Å². The minimum atomic E-state index is -2.07. The van der Waals surface area contributed by atoms with Crippen molar-refractivity contribution in [1.82, 2.24) is 0 Å². The molecule has 6 heteroatoms. The van der Waals surface area contributed by atoms with Gasteiger partial charge in [-0.2, -0.15) is 0 Å². The van der Waals surface area contributed by atoms with Crippen molar-refractivity contribution in [3.8, 4) is 17.2 Å². The highest BCUT2D eigenvalue weighted by Crippen LogP contribution is 2.48. The van der Waals surface area contributed by atoms with E-state index in [1.54, 1.807) is 13.2 Å². The van der Waals surface area contributed by atoms with Crippen LogP contribution in [0, 0.1) is 0 Å². The largest absolute Gasteiger partial charge is 0.493 e. The molecule has 0 aromatic heterocycles. The van der Waals surface area contributed by atoms with Gasteiger partial charge in [-0.3, -0.25) is 0 Å². The quantitative estimate of drug-likeness (QED) is 0.859. The lowest BCUT2D eigenvalue weighted by molar-refractivity contribution is -0.203. The number of rotatable bonds is 4. The zero-order valence-corrected chi connectivity index (χ0v) is 14.3. The monoisotopic (exact) mass is 344 g/mol. The third-order valence-electron chi connectivity index (χ3n) is 4.36. The molecule has 0 saturated heterocycles. The van der Waals surface area contributed by atoms with Crippen LogP contribution in [0.25, 0.3) is 0 Å². The maximum absolute atomic E-state index is 12.1. The van der Waals surface area contributed by atoms with Crippen molar-refractivity contribution in [3.05, 3.63) is 53.6 Å². The van der Waals surface area contributed by atoms with Gasteiger partial charge in [-0.15, -0.1) is 0 Å². The van der Waals surface area contributed by atoms with E-state index in [0.29, 0.717) is 17.2 Å². The Hall–Kier alpha value is -2.73. The molecule has 0 aliphatic carbocycles. The molecule has 0 spiro atoms. The first-order valence-corrected chi connectivity index (χ1v) is 7.83. The second-order valence-electron chi connectivity index (χ2n) is 5.79. The average Bonchev–Trinajstić information content (AvgIpc) is 2.66. The van der Waals surface area contributed by atoms with E-state index < -0.39 is 11.8 Å². The van der Waals surface area contributed by atoms with Crippen LogP contribution in [-0.4, -0.2) is 38.2 Å². The van der Waals surface area contributed by atoms with Crippen LogP contribution in [0.3, 0.4) is 0 Å². The van der Waals surface area contributed by atoms with E-state index in [1.165, 1.54) is 14.2 Å². The first-order chi connectivity index (χ1) is 12.0. The molecular weight excluding hydrogens is 324 g/mol. The fraction of sp³-hybridized carbons (Fsp3) is 0.316. The normalized spacial score (nSPS) is 21.7. The summed E-state index contributed by atoms with van der Waals surface area (Å²) in [5.41, 5.74) is 1.75. The summed E-state index contributed by atoms with van der Waals surface area (Å²) < 4.78 is 21.0. The Morgan fingerprint density at radius 3 is 2.36 bits per heavy atom. The Morgan fingerprint density at radius 1 is 1.12 bits per heavy atom. The average molecular weight is 344 g/mol. The number of carbonyl (C=O) groups is 1. The summed E-state index contributed by atoms with van der Waals surface area (Å²) in [6, 6.07) is 13.0. The van der Waals surface area contributed by atoms with Crippen molar-refractivity contribution >= 4 is 5.97 Å². The van der Waals surface area contributed by atoms with Gasteiger partial charge in [-0.1, -0.05) is 30.3 Å². The van der Waals surface area contributed by atoms with Gasteiger partial charge >= 0.3 is 11.8 Å². The van der Waals surface area contributed by atoms with Crippen LogP contribution < -0.4 is 14.2 Å². The number of esters is 1. The van der Waals surface area contributed by atoms with Crippen LogP contribution in [-0.2, 0) is 9.53 Å². The number of ether oxygens (including phenoxy) is 4. The van der Waals surface area contributed by atoms with Crippen molar-refractivity contribution in [2.75, 3.05) is 21.3 Å². The Morgan fingerprint density at radius 2 is 1.76 bits per heavy atom. The molecule has 2 atom stereocenters. The molecule has 0 fully saturated rings. The summed E-state index contributed by atoms with van der Waals surface area (Å²) in [5.74, 6) is -1.83. The van der Waals surface area contributed by atoms with E-state index in [1.807, 2.05) is 36.4 Å². The summed E-state index contributed by atoms with van der Waals surface area (Å²) in [6.45, 7) is 0. The van der Waals surface area contributed by atoms with E-state index in [4.69, 9.17) is 18.9 Å². The standard InChI is InChI=1S/C19H20O6/c1-22-16-9-13-14(12-7-5-4-6-8-12)11-19(21,18(20)24-3)25-15(13)10-17(16)23-2/h4-10,14,21H,11H2,1-3H3/t14-,19+/m0/s1. The van der Waals surface area contributed by atoms with Gasteiger partial charge in [0.15, 0.2) is 11.5 Å². The predicted octanol–water partition coefficient (Wildman–Crippen LogP) is 2.48. The lowest BCUT2D eigenvalue weighted by Crippen LogP contribution is -2.49. The Bertz CT molecular complexity index is 773. The Kier molecular flexibility index (Phi) is 4.55. The lowest BCUT2D eigenvalue weighted by atomic mass is 9.82. The fourth-order valence-electron chi connectivity index (χ4n) is 3.11. The molecule has 1 heterocycles. The molecule has 6 nitrogen and oxygen atoms in total. The fourth-order valence-corrected chi connectivity index (χ4v) is 3.11. The van der Waals surface area contributed by atoms with E-state index in [9.17, 15) is 9.90 Å². The van der Waals surface area contributed by atoms with Gasteiger partial charge in [-0.05, 0) is 11.6 Å². The van der Waals surface area contributed by atoms with E-state index in [-0.39, 0.29) is 12.3 Å². The smallest absolute Gasteiger partial charge is 0.379 e. The molecule has 0 saturated carbocycles. The molecule has 1 N–H and O–H groups in total. The van der Waals surface area contributed by atoms with E-state index in [0.717, 1.165) is 11.1 Å². The maximum atomic E-state index is 12.1. The second kappa shape index (κ2) is 6.64. The minimum Gasteiger partial charge on any atom is -0.493 e. The molecule has 0 amide bonds. The van der Waals surface area contributed by atoms with E-state index in [2.05, 4.69) is 0 Å². The molecule has 2 aromatic carbocycles. The molecule has 0 radical (unpaired) electrons. The number of carbonyl (C=O) groups excluding carboxylic acids is 1. The van der Waals surface area contributed by atoms with Crippen molar-refractivity contribution in [3.63, 3.8) is 0 Å². The first-order valence-electron chi connectivity index (χ1n) is 7.83. The molecule has 25 heavy (non-hydrogen) atoms. The van der Waals surface area contributed by atoms with Crippen LogP contribution in [0.1, 0.15) is 23.5 Å². The van der Waals surface area contributed by atoms with E-state index >= 15 is 0 Å². The van der Waals surface area contributed by atoms with Gasteiger partial charge in [0.2, 0.25) is 0 Å². The highest BCUT2D eigenvalue weighted by Gasteiger charge is 2.47. The summed E-state index contributed by atoms with van der Waals surface area (Å²) in [4.78, 5) is 12.1. The van der Waals surface area contributed by atoms with Crippen LogP contribution in [0.2, 0.25) is 0 Å². The van der Waals surface area contributed by atoms with Gasteiger partial charge in [-0.25, -0.2) is 4.79 Å².